The number of imidazole rings is 1. The third-order valence-corrected chi connectivity index (χ3v) is 7.80. The van der Waals surface area contributed by atoms with Crippen LogP contribution in [0.1, 0.15) is 25.0 Å². The molecule has 0 saturated carbocycles. The lowest BCUT2D eigenvalue weighted by Crippen LogP contribution is -2.45. The third kappa shape index (κ3) is 4.26. The fourth-order valence-electron chi connectivity index (χ4n) is 5.72. The number of morpholine rings is 1. The zero-order valence-electron chi connectivity index (χ0n) is 22.4. The molecule has 0 amide bonds. The molecular weight excluding hydrogens is 508 g/mol. The Hall–Kier alpha value is -4.12. The maximum absolute atomic E-state index is 10.2. The fraction of sp³-hybridized carbons (Fsp3) is 0.258. The number of ether oxygens (including phenoxy) is 1. The van der Waals surface area contributed by atoms with Crippen LogP contribution in [0.4, 0.5) is 5.69 Å². The Labute approximate surface area is 232 Å². The number of nitrogens with zero attached hydrogens (tertiary/aromatic N) is 5. The van der Waals surface area contributed by atoms with Gasteiger partial charge in [-0.25, -0.2) is 0 Å². The second kappa shape index (κ2) is 9.57. The summed E-state index contributed by atoms with van der Waals surface area (Å²) in [5.41, 5.74) is 8.25. The van der Waals surface area contributed by atoms with Crippen LogP contribution in [0, 0.1) is 23.7 Å². The molecule has 2 atom stereocenters. The van der Waals surface area contributed by atoms with Crippen LogP contribution in [0.25, 0.3) is 38.8 Å². The highest BCUT2D eigenvalue weighted by Crippen LogP contribution is 2.33. The van der Waals surface area contributed by atoms with E-state index in [0.717, 1.165) is 63.1 Å². The molecule has 0 radical (unpaired) electrons. The van der Waals surface area contributed by atoms with Crippen LogP contribution in [0.5, 0.6) is 0 Å². The van der Waals surface area contributed by atoms with E-state index in [4.69, 9.17) is 26.7 Å². The van der Waals surface area contributed by atoms with Gasteiger partial charge in [0, 0.05) is 30.5 Å². The van der Waals surface area contributed by atoms with Crippen LogP contribution in [-0.2, 0) is 11.8 Å². The van der Waals surface area contributed by atoms with E-state index in [0.29, 0.717) is 16.2 Å². The van der Waals surface area contributed by atoms with Crippen molar-refractivity contribution in [3.63, 3.8) is 0 Å². The number of rotatable bonds is 3. The van der Waals surface area contributed by atoms with Gasteiger partial charge in [-0.05, 0) is 73.9 Å². The molecule has 2 unspecified atom stereocenters. The molecule has 0 aliphatic carbocycles. The third-order valence-electron chi connectivity index (χ3n) is 7.55. The highest BCUT2D eigenvalue weighted by Gasteiger charge is 2.26. The van der Waals surface area contributed by atoms with E-state index in [1.54, 1.807) is 0 Å². The van der Waals surface area contributed by atoms with Crippen LogP contribution < -0.4 is 10.5 Å². The highest BCUT2D eigenvalue weighted by atomic mass is 35.5. The average Bonchev–Trinajstić information content (AvgIpc) is 3.18. The van der Waals surface area contributed by atoms with Gasteiger partial charge in [-0.3, -0.25) is 15.0 Å². The van der Waals surface area contributed by atoms with Gasteiger partial charge < -0.3 is 14.2 Å². The quantitative estimate of drug-likeness (QED) is 0.301. The van der Waals surface area contributed by atoms with Gasteiger partial charge in [0.15, 0.2) is 0 Å². The van der Waals surface area contributed by atoms with Crippen LogP contribution >= 0.6 is 11.6 Å². The minimum atomic E-state index is 0.0845. The summed E-state index contributed by atoms with van der Waals surface area (Å²) < 4.78 is 9.70. The molecule has 3 heterocycles. The van der Waals surface area contributed by atoms with Gasteiger partial charge >= 0.3 is 0 Å². The average molecular weight is 537 g/mol. The molecule has 0 bridgehead atoms. The molecule has 39 heavy (non-hydrogen) atoms. The van der Waals surface area contributed by atoms with Crippen LogP contribution in [-0.4, -0.2) is 39.4 Å². The molecule has 8 heteroatoms. The molecule has 1 fully saturated rings. The normalized spacial score (nSPS) is 17.6. The molecule has 1 aliphatic rings. The van der Waals surface area contributed by atoms with Gasteiger partial charge in [0.05, 0.1) is 51.9 Å². The minimum Gasteiger partial charge on any atom is -0.372 e. The van der Waals surface area contributed by atoms with Gasteiger partial charge in [0.1, 0.15) is 6.07 Å². The Morgan fingerprint density at radius 3 is 2.38 bits per heavy atom. The van der Waals surface area contributed by atoms with Crippen LogP contribution in [0.15, 0.2) is 60.8 Å². The van der Waals surface area contributed by atoms with Crippen LogP contribution in [0.3, 0.4) is 0 Å². The lowest BCUT2D eigenvalue weighted by Gasteiger charge is -2.37. The maximum Gasteiger partial charge on any atom is 0.207 e. The summed E-state index contributed by atoms with van der Waals surface area (Å²) in [7, 11) is 1.88. The number of pyridine rings is 1. The summed E-state index contributed by atoms with van der Waals surface area (Å²) in [4.78, 5) is 6.94. The lowest BCUT2D eigenvalue weighted by atomic mass is 10.0. The van der Waals surface area contributed by atoms with Crippen molar-refractivity contribution in [3.05, 3.63) is 82.6 Å². The number of hydrogen-bond acceptors (Lipinski definition) is 5. The zero-order chi connectivity index (χ0) is 27.4. The van der Waals surface area contributed by atoms with E-state index in [1.807, 2.05) is 65.7 Å². The van der Waals surface area contributed by atoms with Crippen molar-refractivity contribution in [1.29, 1.82) is 10.7 Å². The molecule has 1 saturated heterocycles. The number of nitrogens with one attached hydrogen (secondary N) is 1. The number of nitriles is 1. The number of hydrogen-bond donors (Lipinski definition) is 1. The topological polar surface area (TPSA) is 82.9 Å². The number of aryl methyl sites for hydroxylation is 2. The molecule has 196 valence electrons. The minimum absolute atomic E-state index is 0.0845. The van der Waals surface area contributed by atoms with Gasteiger partial charge in [-0.1, -0.05) is 29.8 Å². The number of aromatic nitrogens is 3. The van der Waals surface area contributed by atoms with Crippen molar-refractivity contribution in [1.82, 2.24) is 14.1 Å². The molecule has 0 spiro atoms. The molecule has 1 aliphatic heterocycles. The number of fused-ring (bicyclic) bond motifs is 3. The monoisotopic (exact) mass is 536 g/mol. The first-order chi connectivity index (χ1) is 18.7. The Morgan fingerprint density at radius 2 is 1.69 bits per heavy atom. The van der Waals surface area contributed by atoms with Gasteiger partial charge in [0.2, 0.25) is 5.62 Å². The molecule has 7 nitrogen and oxygen atoms in total. The molecule has 6 rings (SSSR count). The number of halogens is 1. The zero-order valence-corrected chi connectivity index (χ0v) is 23.1. The van der Waals surface area contributed by atoms with Crippen molar-refractivity contribution in [3.8, 4) is 22.9 Å². The molecular formula is C31H29ClN6O. The first kappa shape index (κ1) is 25.2. The van der Waals surface area contributed by atoms with Crippen molar-refractivity contribution in [2.24, 2.45) is 7.05 Å². The predicted octanol–water partition coefficient (Wildman–Crippen LogP) is 6.11. The van der Waals surface area contributed by atoms with Gasteiger partial charge in [0.25, 0.3) is 0 Å². The lowest BCUT2D eigenvalue weighted by molar-refractivity contribution is -0.00523. The second-order valence-electron chi connectivity index (χ2n) is 10.4. The highest BCUT2D eigenvalue weighted by molar-refractivity contribution is 6.30. The molecule has 1 N–H and O–H groups in total. The van der Waals surface area contributed by atoms with E-state index < -0.39 is 0 Å². The summed E-state index contributed by atoms with van der Waals surface area (Å²) in [6, 6.07) is 20.4. The maximum atomic E-state index is 10.2. The first-order valence-corrected chi connectivity index (χ1v) is 13.4. The summed E-state index contributed by atoms with van der Waals surface area (Å²) in [5, 5.41) is 20.9. The SMILES string of the molecule is Cc1cc(N2CC(C)OC(C)C2)c(C#N)cc1-n1c(=N)n(C)c2cnc3ccc(-c4ccc(Cl)cc4)cc3c21. The smallest absolute Gasteiger partial charge is 0.207 e. The van der Waals surface area contributed by atoms with Crippen LogP contribution in [0.2, 0.25) is 5.02 Å². The van der Waals surface area contributed by atoms with Gasteiger partial charge in [-0.2, -0.15) is 5.26 Å². The van der Waals surface area contributed by atoms with Crippen molar-refractivity contribution >= 4 is 39.2 Å². The van der Waals surface area contributed by atoms with Crippen molar-refractivity contribution in [2.75, 3.05) is 18.0 Å². The van der Waals surface area contributed by atoms with E-state index in [2.05, 4.69) is 43.0 Å². The molecule has 5 aromatic rings. The van der Waals surface area contributed by atoms with Crippen molar-refractivity contribution < 1.29 is 4.74 Å². The summed E-state index contributed by atoms with van der Waals surface area (Å²) >= 11 is 6.13. The predicted molar refractivity (Wildman–Crippen MR) is 156 cm³/mol. The molecule has 3 aromatic carbocycles. The van der Waals surface area contributed by atoms with E-state index in [-0.39, 0.29) is 12.2 Å². The Kier molecular flexibility index (Phi) is 6.17. The van der Waals surface area contributed by atoms with E-state index >= 15 is 0 Å². The van der Waals surface area contributed by atoms with E-state index in [1.165, 1.54) is 0 Å². The summed E-state index contributed by atoms with van der Waals surface area (Å²) in [5.74, 6) is 0. The van der Waals surface area contributed by atoms with E-state index in [9.17, 15) is 5.26 Å². The fourth-order valence-corrected chi connectivity index (χ4v) is 5.85. The first-order valence-electron chi connectivity index (χ1n) is 13.0. The summed E-state index contributed by atoms with van der Waals surface area (Å²) in [6.07, 6.45) is 1.99. The Bertz CT molecular complexity index is 1840. The Morgan fingerprint density at radius 1 is 1.00 bits per heavy atom. The number of anilines is 1. The van der Waals surface area contributed by atoms with Gasteiger partial charge in [-0.15, -0.1) is 0 Å². The standard InChI is InChI=1S/C31H29ClN6O/c1-18-11-28(37-16-19(2)39-20(3)17-37)23(14-33)13-27(18)38-30-25-12-22(21-5-8-24(32)9-6-21)7-10-26(25)35-15-29(30)36(4)31(38)34/h5-13,15,19-20,34H,16-17H2,1-4H3. The van der Waals surface area contributed by atoms with Crippen molar-refractivity contribution in [2.45, 2.75) is 33.0 Å². The number of benzene rings is 3. The largest absolute Gasteiger partial charge is 0.372 e. The Balaban J connectivity index is 1.59. The molecule has 2 aromatic heterocycles. The second-order valence-corrected chi connectivity index (χ2v) is 10.8. The summed E-state index contributed by atoms with van der Waals surface area (Å²) in [6.45, 7) is 7.62.